The van der Waals surface area contributed by atoms with Crippen molar-refractivity contribution in [2.45, 2.75) is 32.9 Å². The number of aliphatic hydroxyl groups is 1. The first-order chi connectivity index (χ1) is 12.0. The van der Waals surface area contributed by atoms with Gasteiger partial charge >= 0.3 is 5.97 Å². The molecule has 2 heterocycles. The van der Waals surface area contributed by atoms with E-state index in [4.69, 9.17) is 4.74 Å². The van der Waals surface area contributed by atoms with Crippen LogP contribution in [-0.4, -0.2) is 46.2 Å². The summed E-state index contributed by atoms with van der Waals surface area (Å²) in [5, 5.41) is 11.4. The molecule has 2 N–H and O–H groups in total. The van der Waals surface area contributed by atoms with Crippen LogP contribution in [0.3, 0.4) is 0 Å². The van der Waals surface area contributed by atoms with Gasteiger partial charge in [0.2, 0.25) is 0 Å². The van der Waals surface area contributed by atoms with Crippen LogP contribution in [0.25, 0.3) is 10.9 Å². The average Bonchev–Trinajstić information content (AvgIpc) is 3.14. The van der Waals surface area contributed by atoms with Crippen LogP contribution in [0.4, 0.5) is 0 Å². The van der Waals surface area contributed by atoms with E-state index >= 15 is 0 Å². The number of H-pyrrole nitrogens is 1. The molecule has 1 unspecified atom stereocenters. The highest BCUT2D eigenvalue weighted by Crippen LogP contribution is 2.27. The van der Waals surface area contributed by atoms with Crippen LogP contribution in [-0.2, 0) is 20.7 Å². The fraction of sp³-hybridized carbons (Fsp3) is 0.368. The molecule has 3 rings (SSSR count). The predicted octanol–water partition coefficient (Wildman–Crippen LogP) is 2.14. The van der Waals surface area contributed by atoms with Gasteiger partial charge in [-0.3, -0.25) is 4.79 Å². The summed E-state index contributed by atoms with van der Waals surface area (Å²) in [6, 6.07) is 7.96. The minimum atomic E-state index is -0.905. The fourth-order valence-electron chi connectivity index (χ4n) is 3.19. The van der Waals surface area contributed by atoms with Gasteiger partial charge in [-0.1, -0.05) is 18.2 Å². The Hall–Kier alpha value is -2.60. The number of fused-ring (bicyclic) bond motifs is 1. The number of aromatic nitrogens is 1. The minimum Gasteiger partial charge on any atom is -0.463 e. The van der Waals surface area contributed by atoms with Crippen molar-refractivity contribution in [1.82, 2.24) is 9.88 Å². The third-order valence-corrected chi connectivity index (χ3v) is 4.60. The fourth-order valence-corrected chi connectivity index (χ4v) is 3.19. The number of benzene rings is 1. The first kappa shape index (κ1) is 17.2. The summed E-state index contributed by atoms with van der Waals surface area (Å²) in [5.74, 6) is -0.797. The summed E-state index contributed by atoms with van der Waals surface area (Å²) in [4.78, 5) is 29.0. The van der Waals surface area contributed by atoms with E-state index in [0.29, 0.717) is 18.5 Å². The molecule has 1 aliphatic rings. The largest absolute Gasteiger partial charge is 0.463 e. The van der Waals surface area contributed by atoms with E-state index in [0.717, 1.165) is 16.5 Å². The molecule has 1 aromatic heterocycles. The molecule has 0 saturated carbocycles. The summed E-state index contributed by atoms with van der Waals surface area (Å²) >= 11 is 0. The van der Waals surface area contributed by atoms with Gasteiger partial charge in [0, 0.05) is 41.2 Å². The zero-order chi connectivity index (χ0) is 18.0. The Balaban J connectivity index is 1.74. The number of para-hydroxylation sites is 1. The number of amides is 1. The Morgan fingerprint density at radius 3 is 2.92 bits per heavy atom. The van der Waals surface area contributed by atoms with Gasteiger partial charge < -0.3 is 19.7 Å². The molecule has 1 saturated heterocycles. The molecular formula is C19H22N2O4. The molecule has 6 nitrogen and oxygen atoms in total. The van der Waals surface area contributed by atoms with Crippen LogP contribution in [0, 0.1) is 0 Å². The van der Waals surface area contributed by atoms with Crippen LogP contribution >= 0.6 is 0 Å². The van der Waals surface area contributed by atoms with Gasteiger partial charge in [-0.05, 0) is 31.9 Å². The second-order valence-electron chi connectivity index (χ2n) is 6.12. The van der Waals surface area contributed by atoms with Crippen molar-refractivity contribution in [2.24, 2.45) is 0 Å². The number of aromatic amines is 1. The zero-order valence-electron chi connectivity index (χ0n) is 14.4. The third-order valence-electron chi connectivity index (χ3n) is 4.60. The first-order valence-corrected chi connectivity index (χ1v) is 8.43. The van der Waals surface area contributed by atoms with E-state index in [1.807, 2.05) is 30.5 Å². The third kappa shape index (κ3) is 3.30. The molecule has 6 heteroatoms. The topological polar surface area (TPSA) is 82.6 Å². The standard InChI is InChI=1S/C19H22N2O4/c1-3-25-19(24)12(2)15-10-17(22)21(18(15)23)9-8-13-11-20-16-7-5-4-6-14(13)16/h4-7,11,17,20,22H,3,8-10H2,1-2H3/b15-12+. The lowest BCUT2D eigenvalue weighted by molar-refractivity contribution is -0.139. The van der Waals surface area contributed by atoms with E-state index in [-0.39, 0.29) is 24.5 Å². The number of rotatable bonds is 5. The normalized spacial score (nSPS) is 19.6. The monoisotopic (exact) mass is 342 g/mol. The lowest BCUT2D eigenvalue weighted by Crippen LogP contribution is -2.34. The lowest BCUT2D eigenvalue weighted by Gasteiger charge is -2.19. The highest BCUT2D eigenvalue weighted by molar-refractivity contribution is 6.04. The van der Waals surface area contributed by atoms with Gasteiger partial charge in [0.05, 0.1) is 6.61 Å². The average molecular weight is 342 g/mol. The maximum absolute atomic E-state index is 12.6. The minimum absolute atomic E-state index is 0.150. The first-order valence-electron chi connectivity index (χ1n) is 8.43. The van der Waals surface area contributed by atoms with Crippen molar-refractivity contribution in [3.63, 3.8) is 0 Å². The van der Waals surface area contributed by atoms with Crippen LogP contribution in [0.5, 0.6) is 0 Å². The number of hydrogen-bond donors (Lipinski definition) is 2. The number of ether oxygens (including phenoxy) is 1. The summed E-state index contributed by atoms with van der Waals surface area (Å²) < 4.78 is 4.95. The van der Waals surface area contributed by atoms with Gasteiger partial charge in [-0.2, -0.15) is 0 Å². The molecule has 1 amide bonds. The Labute approximate surface area is 146 Å². The molecular weight excluding hydrogens is 320 g/mol. The number of nitrogens with one attached hydrogen (secondary N) is 1. The molecule has 1 aromatic carbocycles. The van der Waals surface area contributed by atoms with Crippen LogP contribution in [0.15, 0.2) is 41.6 Å². The Bertz CT molecular complexity index is 837. The van der Waals surface area contributed by atoms with Gasteiger partial charge in [-0.25, -0.2) is 4.79 Å². The maximum Gasteiger partial charge on any atom is 0.334 e. The zero-order valence-corrected chi connectivity index (χ0v) is 14.4. The summed E-state index contributed by atoms with van der Waals surface area (Å²) in [7, 11) is 0. The molecule has 132 valence electrons. The van der Waals surface area contributed by atoms with Crippen LogP contribution < -0.4 is 0 Å². The Morgan fingerprint density at radius 2 is 2.16 bits per heavy atom. The predicted molar refractivity (Wildman–Crippen MR) is 93.7 cm³/mol. The van der Waals surface area contributed by atoms with E-state index in [2.05, 4.69) is 4.98 Å². The van der Waals surface area contributed by atoms with E-state index < -0.39 is 12.2 Å². The summed E-state index contributed by atoms with van der Waals surface area (Å²) in [5.41, 5.74) is 2.75. The lowest BCUT2D eigenvalue weighted by atomic mass is 10.1. The SMILES string of the molecule is CCOC(=O)/C(C)=C1\CC(O)N(CCc2c[nH]c3ccccc23)C1=O. The van der Waals surface area contributed by atoms with Crippen molar-refractivity contribution >= 4 is 22.8 Å². The molecule has 25 heavy (non-hydrogen) atoms. The number of esters is 1. The Kier molecular flexibility index (Phi) is 4.90. The molecule has 0 aliphatic carbocycles. The molecule has 1 atom stereocenters. The quantitative estimate of drug-likeness (QED) is 0.644. The number of aliphatic hydroxyl groups excluding tert-OH is 1. The second-order valence-corrected chi connectivity index (χ2v) is 6.12. The maximum atomic E-state index is 12.6. The van der Waals surface area contributed by atoms with Crippen molar-refractivity contribution < 1.29 is 19.4 Å². The molecule has 1 aliphatic heterocycles. The highest BCUT2D eigenvalue weighted by Gasteiger charge is 2.36. The number of likely N-dealkylation sites (tertiary alicyclic amines) is 1. The molecule has 0 spiro atoms. The number of hydrogen-bond acceptors (Lipinski definition) is 4. The van der Waals surface area contributed by atoms with Crippen LogP contribution in [0.1, 0.15) is 25.8 Å². The van der Waals surface area contributed by atoms with Gasteiger partial charge in [0.1, 0.15) is 6.23 Å². The van der Waals surface area contributed by atoms with Crippen molar-refractivity contribution in [2.75, 3.05) is 13.2 Å². The summed E-state index contributed by atoms with van der Waals surface area (Å²) in [6.07, 6.45) is 1.80. The molecule has 1 fully saturated rings. The van der Waals surface area contributed by atoms with Crippen molar-refractivity contribution in [3.8, 4) is 0 Å². The smallest absolute Gasteiger partial charge is 0.334 e. The van der Waals surface area contributed by atoms with Crippen molar-refractivity contribution in [3.05, 3.63) is 47.2 Å². The van der Waals surface area contributed by atoms with E-state index in [1.54, 1.807) is 13.8 Å². The molecule has 0 bridgehead atoms. The van der Waals surface area contributed by atoms with Crippen molar-refractivity contribution in [1.29, 1.82) is 0 Å². The van der Waals surface area contributed by atoms with E-state index in [1.165, 1.54) is 4.90 Å². The number of nitrogens with zero attached hydrogens (tertiary/aromatic N) is 1. The highest BCUT2D eigenvalue weighted by atomic mass is 16.5. The van der Waals surface area contributed by atoms with Gasteiger partial charge in [0.25, 0.3) is 5.91 Å². The molecule has 0 radical (unpaired) electrons. The Morgan fingerprint density at radius 1 is 1.40 bits per heavy atom. The van der Waals surface area contributed by atoms with Crippen LogP contribution in [0.2, 0.25) is 0 Å². The summed E-state index contributed by atoms with van der Waals surface area (Å²) in [6.45, 7) is 3.93. The van der Waals surface area contributed by atoms with Gasteiger partial charge in [-0.15, -0.1) is 0 Å². The molecule has 2 aromatic rings. The van der Waals surface area contributed by atoms with E-state index in [9.17, 15) is 14.7 Å². The van der Waals surface area contributed by atoms with Gasteiger partial charge in [0.15, 0.2) is 0 Å². The number of carbonyl (C=O) groups is 2. The second kappa shape index (κ2) is 7.11. The number of carbonyl (C=O) groups excluding carboxylic acids is 2.